The Morgan fingerprint density at radius 2 is 1.79 bits per heavy atom. The number of hydrogen-bond donors (Lipinski definition) is 6. The summed E-state index contributed by atoms with van der Waals surface area (Å²) in [5.41, 5.74) is 4.10. The van der Waals surface area contributed by atoms with Gasteiger partial charge in [-0.15, -0.1) is 0 Å². The summed E-state index contributed by atoms with van der Waals surface area (Å²) in [6.45, 7) is 0.324. The van der Waals surface area contributed by atoms with E-state index in [1.807, 2.05) is 0 Å². The van der Waals surface area contributed by atoms with Gasteiger partial charge in [-0.1, -0.05) is 13.8 Å². The van der Waals surface area contributed by atoms with Crippen molar-refractivity contribution in [1.82, 2.24) is 30.2 Å². The van der Waals surface area contributed by atoms with Gasteiger partial charge in [-0.05, 0) is 0 Å². The van der Waals surface area contributed by atoms with E-state index in [1.54, 1.807) is 0 Å². The number of nitrogens with one attached hydrogen (secondary N) is 2. The van der Waals surface area contributed by atoms with Crippen LogP contribution in [-0.4, -0.2) is 98.0 Å². The number of thiol groups is 1. The molecule has 27 heteroatoms. The van der Waals surface area contributed by atoms with Crippen LogP contribution in [0.3, 0.4) is 0 Å². The molecule has 2 aromatic rings. The number of phosphoric ester groups is 3. The van der Waals surface area contributed by atoms with E-state index in [-0.39, 0.29) is 29.9 Å². The van der Waals surface area contributed by atoms with Crippen molar-refractivity contribution in [2.45, 2.75) is 50.9 Å². The zero-order valence-electron chi connectivity index (χ0n) is 25.0. The Hall–Kier alpha value is -2.11. The van der Waals surface area contributed by atoms with Crippen LogP contribution >= 0.6 is 36.1 Å². The molecule has 1 fully saturated rings. The molecule has 7 atom stereocenters. The fraction of sp³-hybridized carbons (Fsp3) is 0.667. The van der Waals surface area contributed by atoms with Gasteiger partial charge in [0.25, 0.3) is 15.6 Å². The highest BCUT2D eigenvalue weighted by atomic mass is 32.1. The highest BCUT2D eigenvalue weighted by Crippen LogP contribution is 2.56. The number of anilines is 1. The van der Waals surface area contributed by atoms with E-state index in [0.717, 1.165) is 17.2 Å². The molecule has 3 unspecified atom stereocenters. The fourth-order valence-corrected chi connectivity index (χ4v) is 6.96. The van der Waals surface area contributed by atoms with E-state index in [2.05, 4.69) is 56.1 Å². The molecular formula is C21H32N7O16P3S-4. The molecule has 2 aromatic heterocycles. The number of nitrogens with zero attached hydrogens (tertiary/aromatic N) is 4. The Kier molecular flexibility index (Phi) is 13.7. The van der Waals surface area contributed by atoms with E-state index in [9.17, 15) is 53.1 Å². The second-order valence-corrected chi connectivity index (χ2v) is 15.2. The van der Waals surface area contributed by atoms with E-state index in [0.29, 0.717) is 12.3 Å². The maximum Gasteiger partial charge on any atom is 0.274 e. The number of rotatable bonds is 18. The van der Waals surface area contributed by atoms with Crippen LogP contribution in [-0.2, 0) is 45.9 Å². The molecule has 0 spiro atoms. The Morgan fingerprint density at radius 3 is 2.44 bits per heavy atom. The second-order valence-electron chi connectivity index (χ2n) is 10.7. The third-order valence-corrected chi connectivity index (χ3v) is 9.72. The van der Waals surface area contributed by atoms with Crippen LogP contribution < -0.4 is 35.9 Å². The van der Waals surface area contributed by atoms with Gasteiger partial charge in [0.2, 0.25) is 11.8 Å². The lowest BCUT2D eigenvalue weighted by molar-refractivity contribution is -0.347. The minimum Gasteiger partial charge on any atom is -0.790 e. The van der Waals surface area contributed by atoms with Crippen LogP contribution in [0.4, 0.5) is 5.82 Å². The molecule has 3 heterocycles. The molecule has 3 rings (SSSR count). The smallest absolute Gasteiger partial charge is 0.274 e. The first-order valence-corrected chi connectivity index (χ1v) is 18.6. The molecule has 0 aromatic carbocycles. The summed E-state index contributed by atoms with van der Waals surface area (Å²) in [4.78, 5) is 83.0. The van der Waals surface area contributed by atoms with Crippen LogP contribution in [0.5, 0.6) is 0 Å². The van der Waals surface area contributed by atoms with E-state index >= 15 is 0 Å². The average molecular weight is 764 g/mol. The molecule has 0 saturated carbocycles. The Labute approximate surface area is 277 Å². The summed E-state index contributed by atoms with van der Waals surface area (Å²) in [5, 5.41) is 25.9. The lowest BCUT2D eigenvalue weighted by Gasteiger charge is -2.36. The highest BCUT2D eigenvalue weighted by Gasteiger charge is 2.47. The third-order valence-electron chi connectivity index (χ3n) is 6.49. The van der Waals surface area contributed by atoms with Crippen molar-refractivity contribution in [3.63, 3.8) is 0 Å². The van der Waals surface area contributed by atoms with Gasteiger partial charge in [0, 0.05) is 30.7 Å². The zero-order chi connectivity index (χ0) is 36.1. The molecule has 272 valence electrons. The monoisotopic (exact) mass is 763 g/mol. The summed E-state index contributed by atoms with van der Waals surface area (Å²) in [7, 11) is -17.5. The summed E-state index contributed by atoms with van der Waals surface area (Å²) in [5.74, 6) is -1.05. The van der Waals surface area contributed by atoms with Gasteiger partial charge in [0.1, 0.15) is 36.3 Å². The number of phosphoric acid groups is 3. The van der Waals surface area contributed by atoms with Gasteiger partial charge < -0.3 is 69.0 Å². The molecule has 6 N–H and O–H groups in total. The van der Waals surface area contributed by atoms with Gasteiger partial charge in [0.15, 0.2) is 17.7 Å². The van der Waals surface area contributed by atoms with Gasteiger partial charge in [0.05, 0.1) is 27.4 Å². The SMILES string of the molecule is CC(C)(COP(=O)([O-])OP(=O)([O-])OC[C@H]1O[C@@H](n2cnc3c(N)ncnc32)C(O)[C@H]1OP(=O)([O-])[O-])[C@@H](O)C(=O)NCCC(=O)NCCS. The van der Waals surface area contributed by atoms with Crippen molar-refractivity contribution in [1.29, 1.82) is 0 Å². The van der Waals surface area contributed by atoms with Crippen molar-refractivity contribution in [2.24, 2.45) is 5.41 Å². The normalized spacial score (nSPS) is 23.4. The lowest BCUT2D eigenvalue weighted by Crippen LogP contribution is -2.46. The first-order valence-electron chi connectivity index (χ1n) is 13.6. The van der Waals surface area contributed by atoms with Crippen molar-refractivity contribution in [2.75, 3.05) is 37.8 Å². The summed E-state index contributed by atoms with van der Waals surface area (Å²) in [6.07, 6.45) is -7.41. The van der Waals surface area contributed by atoms with Crippen molar-refractivity contribution in [3.8, 4) is 0 Å². The summed E-state index contributed by atoms with van der Waals surface area (Å²) >= 11 is 3.94. The lowest BCUT2D eigenvalue weighted by atomic mass is 9.87. The molecule has 0 bridgehead atoms. The van der Waals surface area contributed by atoms with Crippen molar-refractivity contribution < 1.29 is 75.7 Å². The fourth-order valence-electron chi connectivity index (χ4n) is 4.11. The number of hydrogen-bond acceptors (Lipinski definition) is 21. The summed E-state index contributed by atoms with van der Waals surface area (Å²) < 4.78 is 60.1. The van der Waals surface area contributed by atoms with Gasteiger partial charge in [-0.25, -0.2) is 19.3 Å². The first kappa shape index (κ1) is 40.3. The van der Waals surface area contributed by atoms with Crippen molar-refractivity contribution in [3.05, 3.63) is 12.7 Å². The van der Waals surface area contributed by atoms with Crippen LogP contribution in [0.2, 0.25) is 0 Å². The van der Waals surface area contributed by atoms with Crippen LogP contribution in [0.1, 0.15) is 26.5 Å². The van der Waals surface area contributed by atoms with Crippen molar-refractivity contribution >= 4 is 64.9 Å². The number of imidazole rings is 1. The molecule has 2 amide bonds. The maximum absolute atomic E-state index is 12.4. The molecule has 0 aliphatic carbocycles. The van der Waals surface area contributed by atoms with E-state index < -0.39 is 84.6 Å². The predicted molar refractivity (Wildman–Crippen MR) is 155 cm³/mol. The number of fused-ring (bicyclic) bond motifs is 1. The number of aromatic nitrogens is 4. The second kappa shape index (κ2) is 16.3. The molecule has 0 radical (unpaired) electrons. The average Bonchev–Trinajstić information content (AvgIpc) is 3.54. The third kappa shape index (κ3) is 11.2. The number of carbonyl (C=O) groups excluding carboxylic acids is 2. The number of aliphatic hydroxyl groups is 2. The molecule has 1 saturated heterocycles. The number of aliphatic hydroxyl groups excluding tert-OH is 2. The van der Waals surface area contributed by atoms with Crippen LogP contribution in [0, 0.1) is 5.41 Å². The van der Waals surface area contributed by atoms with Crippen LogP contribution in [0.25, 0.3) is 11.2 Å². The minimum atomic E-state index is -5.88. The van der Waals surface area contributed by atoms with Gasteiger partial charge >= 0.3 is 0 Å². The predicted octanol–water partition coefficient (Wildman–Crippen LogP) is -4.19. The van der Waals surface area contributed by atoms with E-state index in [4.69, 9.17) is 10.5 Å². The number of nitrogens with two attached hydrogens (primary N) is 1. The van der Waals surface area contributed by atoms with E-state index in [1.165, 1.54) is 13.8 Å². The Bertz CT molecular complexity index is 1590. The molecule has 48 heavy (non-hydrogen) atoms. The van der Waals surface area contributed by atoms with Gasteiger partial charge in [-0.2, -0.15) is 12.6 Å². The number of amides is 2. The van der Waals surface area contributed by atoms with Crippen LogP contribution in [0.15, 0.2) is 12.7 Å². The zero-order valence-corrected chi connectivity index (χ0v) is 28.6. The Balaban J connectivity index is 1.61. The standard InChI is InChI=1S/C21H36N7O16P3S/c1-21(2,16(31)19(32)24-4-3-12(29)23-5-6-48)8-41-47(38,39)44-46(36,37)40-7-11-15(43-45(33,34)35)14(30)20(42-11)28-10-27-13-17(22)25-9-26-18(13)28/h9-11,14-16,20,30-31,48H,3-8H2,1-2H3,(H,23,29)(H,24,32)(H,36,37)(H,38,39)(H2,22,25,26)(H2,33,34,35)/p-4/t11-,14?,15+,16+,20-/m1/s1. The summed E-state index contributed by atoms with van der Waals surface area (Å²) in [6, 6.07) is 0. The first-order chi connectivity index (χ1) is 22.2. The quantitative estimate of drug-likeness (QED) is 0.0619. The highest BCUT2D eigenvalue weighted by molar-refractivity contribution is 7.80. The largest absolute Gasteiger partial charge is 0.790 e. The van der Waals surface area contributed by atoms with Gasteiger partial charge in [-0.3, -0.25) is 23.3 Å². The minimum absolute atomic E-state index is 0.0144. The molecule has 23 nitrogen and oxygen atoms in total. The number of carbonyl (C=O) groups is 2. The number of nitrogen functional groups attached to an aromatic ring is 1. The molecule has 1 aliphatic heterocycles. The molecular weight excluding hydrogens is 731 g/mol. The number of ether oxygens (including phenoxy) is 1. The molecule has 1 aliphatic rings. The Morgan fingerprint density at radius 1 is 1.12 bits per heavy atom. The maximum atomic E-state index is 12.4. The topological polar surface area (TPSA) is 358 Å².